The zero-order valence-corrected chi connectivity index (χ0v) is 19.9. The SMILES string of the molecule is CC(=O)Nc1ccc2c(c1)C(c1ccccc1)=Nc1cccc(NC(C)=O)c1C(c1ccccc1)=N2. The van der Waals surface area contributed by atoms with E-state index in [1.54, 1.807) is 0 Å². The van der Waals surface area contributed by atoms with E-state index in [4.69, 9.17) is 9.98 Å². The van der Waals surface area contributed by atoms with E-state index in [0.717, 1.165) is 28.0 Å². The molecule has 0 radical (unpaired) electrons. The maximum Gasteiger partial charge on any atom is 0.221 e. The Hall–Kier alpha value is -4.84. The summed E-state index contributed by atoms with van der Waals surface area (Å²) in [6.45, 7) is 2.97. The predicted octanol–water partition coefficient (Wildman–Crippen LogP) is 6.26. The highest BCUT2D eigenvalue weighted by molar-refractivity contribution is 6.25. The number of fused-ring (bicyclic) bond motifs is 2. The summed E-state index contributed by atoms with van der Waals surface area (Å²) in [7, 11) is 0. The van der Waals surface area contributed by atoms with Crippen LogP contribution in [0.3, 0.4) is 0 Å². The zero-order chi connectivity index (χ0) is 25.1. The van der Waals surface area contributed by atoms with Gasteiger partial charge in [0.25, 0.3) is 0 Å². The van der Waals surface area contributed by atoms with Gasteiger partial charge in [-0.25, -0.2) is 9.98 Å². The Labute approximate surface area is 209 Å². The molecule has 0 saturated heterocycles. The molecule has 0 bridgehead atoms. The van der Waals surface area contributed by atoms with E-state index in [1.165, 1.54) is 13.8 Å². The Kier molecular flexibility index (Phi) is 6.24. The maximum absolute atomic E-state index is 12.1. The van der Waals surface area contributed by atoms with Crippen LogP contribution >= 0.6 is 0 Å². The Morgan fingerprint density at radius 1 is 0.611 bits per heavy atom. The van der Waals surface area contributed by atoms with E-state index < -0.39 is 0 Å². The zero-order valence-electron chi connectivity index (χ0n) is 19.9. The van der Waals surface area contributed by atoms with Gasteiger partial charge in [-0.05, 0) is 30.3 Å². The number of rotatable bonds is 4. The first-order valence-corrected chi connectivity index (χ1v) is 11.6. The lowest BCUT2D eigenvalue weighted by atomic mass is 9.94. The van der Waals surface area contributed by atoms with E-state index in [1.807, 2.05) is 97.1 Å². The van der Waals surface area contributed by atoms with Crippen molar-refractivity contribution in [2.24, 2.45) is 9.98 Å². The van der Waals surface area contributed by atoms with Crippen LogP contribution in [0.1, 0.15) is 36.1 Å². The summed E-state index contributed by atoms with van der Waals surface area (Å²) in [5.74, 6) is -0.330. The van der Waals surface area contributed by atoms with E-state index in [0.29, 0.717) is 28.5 Å². The first kappa shape index (κ1) is 22.9. The average molecular weight is 473 g/mol. The molecule has 0 spiro atoms. The Morgan fingerprint density at radius 2 is 1.22 bits per heavy atom. The number of nitrogens with zero attached hydrogens (tertiary/aromatic N) is 2. The fourth-order valence-corrected chi connectivity index (χ4v) is 4.26. The molecule has 1 aliphatic heterocycles. The van der Waals surface area contributed by atoms with Crippen molar-refractivity contribution in [2.75, 3.05) is 10.6 Å². The van der Waals surface area contributed by atoms with Crippen LogP contribution in [0.4, 0.5) is 22.7 Å². The lowest BCUT2D eigenvalue weighted by molar-refractivity contribution is -0.115. The van der Waals surface area contributed by atoms with Crippen LogP contribution in [0.2, 0.25) is 0 Å². The van der Waals surface area contributed by atoms with Gasteiger partial charge in [0.05, 0.1) is 34.0 Å². The Bertz CT molecular complexity index is 1520. The minimum atomic E-state index is -0.175. The molecule has 0 saturated carbocycles. The van der Waals surface area contributed by atoms with Crippen LogP contribution < -0.4 is 10.6 Å². The molecule has 0 aliphatic carbocycles. The molecule has 0 atom stereocenters. The first-order valence-electron chi connectivity index (χ1n) is 11.6. The van der Waals surface area contributed by atoms with Crippen LogP contribution in [0.5, 0.6) is 0 Å². The third-order valence-corrected chi connectivity index (χ3v) is 5.72. The van der Waals surface area contributed by atoms with Gasteiger partial charge in [0.1, 0.15) is 0 Å². The molecule has 4 aromatic carbocycles. The quantitative estimate of drug-likeness (QED) is 0.324. The number of aliphatic imine (C=N–C) groups is 2. The first-order chi connectivity index (χ1) is 17.5. The lowest BCUT2D eigenvalue weighted by Gasteiger charge is -2.21. The highest BCUT2D eigenvalue weighted by Crippen LogP contribution is 2.37. The number of hydrogen-bond acceptors (Lipinski definition) is 4. The van der Waals surface area contributed by atoms with Crippen molar-refractivity contribution >= 4 is 46.0 Å². The molecule has 176 valence electrons. The van der Waals surface area contributed by atoms with Crippen LogP contribution in [0.15, 0.2) is 107 Å². The molecule has 0 aromatic heterocycles. The van der Waals surface area contributed by atoms with Crippen molar-refractivity contribution in [3.8, 4) is 0 Å². The second-order valence-corrected chi connectivity index (χ2v) is 8.45. The van der Waals surface area contributed by atoms with Gasteiger partial charge >= 0.3 is 0 Å². The van der Waals surface area contributed by atoms with Crippen LogP contribution in [-0.2, 0) is 9.59 Å². The normalized spacial score (nSPS) is 12.2. The predicted molar refractivity (Wildman–Crippen MR) is 145 cm³/mol. The smallest absolute Gasteiger partial charge is 0.221 e. The molecular formula is C30H24N4O2. The molecule has 4 aromatic rings. The van der Waals surface area contributed by atoms with Crippen molar-refractivity contribution < 1.29 is 9.59 Å². The van der Waals surface area contributed by atoms with Crippen LogP contribution in [0, 0.1) is 0 Å². The monoisotopic (exact) mass is 472 g/mol. The van der Waals surface area contributed by atoms with E-state index in [9.17, 15) is 9.59 Å². The molecule has 0 fully saturated rings. The summed E-state index contributed by atoms with van der Waals surface area (Å²) >= 11 is 0. The molecular weight excluding hydrogens is 448 g/mol. The van der Waals surface area contributed by atoms with Crippen molar-refractivity contribution in [3.05, 3.63) is 119 Å². The molecule has 0 unspecified atom stereocenters. The number of anilines is 2. The highest BCUT2D eigenvalue weighted by atomic mass is 16.2. The van der Waals surface area contributed by atoms with Gasteiger partial charge in [-0.3, -0.25) is 9.59 Å². The number of nitrogens with one attached hydrogen (secondary N) is 2. The van der Waals surface area contributed by atoms with Crippen molar-refractivity contribution in [2.45, 2.75) is 13.8 Å². The molecule has 6 nitrogen and oxygen atoms in total. The van der Waals surface area contributed by atoms with Gasteiger partial charge in [-0.2, -0.15) is 0 Å². The lowest BCUT2D eigenvalue weighted by Crippen LogP contribution is -2.15. The largest absolute Gasteiger partial charge is 0.326 e. The average Bonchev–Trinajstić information content (AvgIpc) is 2.86. The minimum absolute atomic E-state index is 0.155. The fraction of sp³-hybridized carbons (Fsp3) is 0.0667. The molecule has 5 rings (SSSR count). The van der Waals surface area contributed by atoms with Gasteiger partial charge in [0, 0.05) is 36.2 Å². The Balaban J connectivity index is 1.85. The highest BCUT2D eigenvalue weighted by Gasteiger charge is 2.23. The van der Waals surface area contributed by atoms with Crippen LogP contribution in [0.25, 0.3) is 0 Å². The fourth-order valence-electron chi connectivity index (χ4n) is 4.26. The third-order valence-electron chi connectivity index (χ3n) is 5.72. The topological polar surface area (TPSA) is 82.9 Å². The van der Waals surface area contributed by atoms with E-state index >= 15 is 0 Å². The molecule has 2 N–H and O–H groups in total. The molecule has 36 heavy (non-hydrogen) atoms. The van der Waals surface area contributed by atoms with Gasteiger partial charge in [0.15, 0.2) is 0 Å². The standard InChI is InChI=1S/C30H24N4O2/c1-19(35)31-23-16-17-25-24(18-23)29(21-10-5-3-6-11-21)34-27-15-9-14-26(32-20(2)36)28(27)30(33-25)22-12-7-4-8-13-22/h3-18H,1-2H3,(H,31,35)(H,32,36). The summed E-state index contributed by atoms with van der Waals surface area (Å²) in [5.41, 5.74) is 7.42. The van der Waals surface area contributed by atoms with Crippen molar-refractivity contribution in [1.29, 1.82) is 0 Å². The summed E-state index contributed by atoms with van der Waals surface area (Å²) in [5, 5.41) is 5.82. The number of carbonyl (C=O) groups is 2. The second kappa shape index (κ2) is 9.80. The number of benzene rings is 4. The van der Waals surface area contributed by atoms with E-state index in [2.05, 4.69) is 10.6 Å². The Morgan fingerprint density at radius 3 is 1.86 bits per heavy atom. The summed E-state index contributed by atoms with van der Waals surface area (Å²) in [6, 6.07) is 31.0. The van der Waals surface area contributed by atoms with Gasteiger partial charge in [-0.1, -0.05) is 66.7 Å². The van der Waals surface area contributed by atoms with Crippen LogP contribution in [-0.4, -0.2) is 23.2 Å². The van der Waals surface area contributed by atoms with E-state index in [-0.39, 0.29) is 11.8 Å². The van der Waals surface area contributed by atoms with Gasteiger partial charge < -0.3 is 10.6 Å². The molecule has 1 aliphatic rings. The summed E-state index contributed by atoms with van der Waals surface area (Å²) in [6.07, 6.45) is 0. The third kappa shape index (κ3) is 4.70. The molecule has 2 amide bonds. The number of carbonyl (C=O) groups excluding carboxylic acids is 2. The number of amides is 2. The number of hydrogen-bond donors (Lipinski definition) is 2. The molecule has 6 heteroatoms. The van der Waals surface area contributed by atoms with Gasteiger partial charge in [-0.15, -0.1) is 0 Å². The summed E-state index contributed by atoms with van der Waals surface area (Å²) < 4.78 is 0. The molecule has 1 heterocycles. The van der Waals surface area contributed by atoms with Gasteiger partial charge in [0.2, 0.25) is 11.8 Å². The second-order valence-electron chi connectivity index (χ2n) is 8.45. The minimum Gasteiger partial charge on any atom is -0.326 e. The summed E-state index contributed by atoms with van der Waals surface area (Å²) in [4.78, 5) is 34.2. The van der Waals surface area contributed by atoms with Crippen molar-refractivity contribution in [1.82, 2.24) is 0 Å². The van der Waals surface area contributed by atoms with Crippen molar-refractivity contribution in [3.63, 3.8) is 0 Å². The maximum atomic E-state index is 12.1.